The standard InChI is InChI=1S/C22H24FN5O4S/c1-11-2-3-13-18(24)19(33-21(13)26-11)20(29)27-16-10-32-15-9-12(28-6-4-25-5-7-28)8-14(23)17(15)22(16,30)31/h2-3,8-9,16,25,30-31H,4-7,10,24H2,1H3,(H,27,29). The molecule has 2 aliphatic heterocycles. The van der Waals surface area contributed by atoms with Crippen LogP contribution in [-0.2, 0) is 5.79 Å². The summed E-state index contributed by atoms with van der Waals surface area (Å²) in [7, 11) is 0. The Hall–Kier alpha value is -2.99. The number of hydrogen-bond acceptors (Lipinski definition) is 9. The molecule has 0 spiro atoms. The number of carbonyl (C=O) groups excluding carboxylic acids is 1. The van der Waals surface area contributed by atoms with Crippen LogP contribution in [0.2, 0.25) is 0 Å². The van der Waals surface area contributed by atoms with Gasteiger partial charge in [0.25, 0.3) is 5.91 Å². The molecule has 1 atom stereocenters. The smallest absolute Gasteiger partial charge is 0.264 e. The van der Waals surface area contributed by atoms with Crippen LogP contribution in [-0.4, -0.2) is 59.9 Å². The van der Waals surface area contributed by atoms with Crippen LogP contribution in [0.4, 0.5) is 15.8 Å². The number of aromatic nitrogens is 1. The van der Waals surface area contributed by atoms with Gasteiger partial charge in [0.1, 0.15) is 33.9 Å². The van der Waals surface area contributed by atoms with Gasteiger partial charge in [0.05, 0.1) is 11.3 Å². The van der Waals surface area contributed by atoms with E-state index in [1.165, 1.54) is 6.07 Å². The molecule has 3 aromatic rings. The fourth-order valence-corrected chi connectivity index (χ4v) is 5.27. The van der Waals surface area contributed by atoms with E-state index in [4.69, 9.17) is 10.5 Å². The molecule has 4 heterocycles. The average molecular weight is 474 g/mol. The lowest BCUT2D eigenvalue weighted by Crippen LogP contribution is -2.56. The number of nitrogens with one attached hydrogen (secondary N) is 2. The summed E-state index contributed by atoms with van der Waals surface area (Å²) in [5, 5.41) is 28.1. The third-order valence-electron chi connectivity index (χ3n) is 6.02. The summed E-state index contributed by atoms with van der Waals surface area (Å²) in [5.41, 5.74) is 7.38. The summed E-state index contributed by atoms with van der Waals surface area (Å²) in [5.74, 6) is -4.06. The first-order chi connectivity index (χ1) is 15.8. The molecule has 9 nitrogen and oxygen atoms in total. The predicted molar refractivity (Wildman–Crippen MR) is 123 cm³/mol. The average Bonchev–Trinajstić information content (AvgIpc) is 3.11. The maximum atomic E-state index is 15.1. The monoisotopic (exact) mass is 473 g/mol. The minimum absolute atomic E-state index is 0.0417. The van der Waals surface area contributed by atoms with Gasteiger partial charge in [-0.1, -0.05) is 0 Å². The van der Waals surface area contributed by atoms with Gasteiger partial charge >= 0.3 is 0 Å². The molecular formula is C22H24FN5O4S. The summed E-state index contributed by atoms with van der Waals surface area (Å²) < 4.78 is 20.7. The summed E-state index contributed by atoms with van der Waals surface area (Å²) in [4.78, 5) is 20.1. The van der Waals surface area contributed by atoms with Gasteiger partial charge in [0.2, 0.25) is 5.79 Å². The van der Waals surface area contributed by atoms with Gasteiger partial charge in [-0.15, -0.1) is 11.3 Å². The number of aliphatic hydroxyl groups is 2. The van der Waals surface area contributed by atoms with Crippen molar-refractivity contribution in [1.29, 1.82) is 0 Å². The molecule has 0 bridgehead atoms. The zero-order valence-electron chi connectivity index (χ0n) is 17.9. The molecule has 1 saturated heterocycles. The van der Waals surface area contributed by atoms with Crippen molar-refractivity contribution < 1.29 is 24.1 Å². The van der Waals surface area contributed by atoms with Gasteiger partial charge in [-0.05, 0) is 25.1 Å². The number of benzene rings is 1. The second kappa shape index (κ2) is 8.10. The molecule has 1 fully saturated rings. The molecule has 2 aromatic heterocycles. The minimum atomic E-state index is -2.67. The van der Waals surface area contributed by atoms with Crippen molar-refractivity contribution in [2.45, 2.75) is 18.8 Å². The lowest BCUT2D eigenvalue weighted by atomic mass is 9.93. The third kappa shape index (κ3) is 3.76. The van der Waals surface area contributed by atoms with Crippen LogP contribution in [0, 0.1) is 12.7 Å². The van der Waals surface area contributed by atoms with Gasteiger partial charge in [0.15, 0.2) is 0 Å². The highest BCUT2D eigenvalue weighted by atomic mass is 32.1. The number of piperazine rings is 1. The van der Waals surface area contributed by atoms with Gasteiger partial charge in [0, 0.05) is 49.0 Å². The Morgan fingerprint density at radius 3 is 2.88 bits per heavy atom. The van der Waals surface area contributed by atoms with E-state index in [0.717, 1.165) is 30.1 Å². The fraction of sp³-hybridized carbons (Fsp3) is 0.364. The summed E-state index contributed by atoms with van der Waals surface area (Å²) >= 11 is 1.10. The number of nitrogen functional groups attached to an aromatic ring is 1. The molecule has 5 rings (SSSR count). The number of rotatable bonds is 3. The molecule has 11 heteroatoms. The number of carbonyl (C=O) groups is 1. The van der Waals surface area contributed by atoms with Crippen molar-refractivity contribution in [2.75, 3.05) is 43.4 Å². The number of ether oxygens (including phenoxy) is 1. The Balaban J connectivity index is 1.41. The van der Waals surface area contributed by atoms with E-state index in [2.05, 4.69) is 15.6 Å². The number of fused-ring (bicyclic) bond motifs is 2. The number of halogens is 1. The molecule has 1 unspecified atom stereocenters. The maximum absolute atomic E-state index is 15.1. The van der Waals surface area contributed by atoms with Crippen molar-refractivity contribution in [3.05, 3.63) is 46.2 Å². The molecule has 174 valence electrons. The van der Waals surface area contributed by atoms with Crippen LogP contribution in [0.1, 0.15) is 20.9 Å². The molecule has 33 heavy (non-hydrogen) atoms. The Morgan fingerprint density at radius 2 is 2.12 bits per heavy atom. The third-order valence-corrected chi connectivity index (χ3v) is 7.14. The minimum Gasteiger partial charge on any atom is -0.491 e. The lowest BCUT2D eigenvalue weighted by Gasteiger charge is -2.38. The molecule has 2 aliphatic rings. The zero-order chi connectivity index (χ0) is 23.3. The zero-order valence-corrected chi connectivity index (χ0v) is 18.7. The van der Waals surface area contributed by atoms with E-state index >= 15 is 4.39 Å². The van der Waals surface area contributed by atoms with E-state index in [0.29, 0.717) is 29.0 Å². The molecule has 1 aromatic carbocycles. The number of hydrogen-bond donors (Lipinski definition) is 5. The number of nitrogens with two attached hydrogens (primary N) is 1. The number of amides is 1. The van der Waals surface area contributed by atoms with Crippen LogP contribution in [0.25, 0.3) is 10.2 Å². The molecule has 1 amide bonds. The van der Waals surface area contributed by atoms with E-state index in [1.54, 1.807) is 18.2 Å². The Bertz CT molecular complexity index is 1240. The maximum Gasteiger partial charge on any atom is 0.264 e. The van der Waals surface area contributed by atoms with Crippen molar-refractivity contribution in [3.8, 4) is 5.75 Å². The predicted octanol–water partition coefficient (Wildman–Crippen LogP) is 1.06. The summed E-state index contributed by atoms with van der Waals surface area (Å²) in [6.07, 6.45) is 0. The molecular weight excluding hydrogens is 449 g/mol. The highest BCUT2D eigenvalue weighted by Crippen LogP contribution is 2.40. The number of anilines is 2. The topological polar surface area (TPSA) is 133 Å². The van der Waals surface area contributed by atoms with E-state index in [1.807, 2.05) is 11.8 Å². The first-order valence-corrected chi connectivity index (χ1v) is 11.4. The number of pyridine rings is 1. The highest BCUT2D eigenvalue weighted by Gasteiger charge is 2.46. The lowest BCUT2D eigenvalue weighted by molar-refractivity contribution is -0.206. The van der Waals surface area contributed by atoms with Crippen LogP contribution in [0.15, 0.2) is 24.3 Å². The van der Waals surface area contributed by atoms with Gasteiger partial charge in [-0.25, -0.2) is 9.37 Å². The number of aryl methyl sites for hydroxylation is 1. The van der Waals surface area contributed by atoms with Crippen molar-refractivity contribution in [2.24, 2.45) is 0 Å². The van der Waals surface area contributed by atoms with Gasteiger partial charge in [-0.2, -0.15) is 0 Å². The van der Waals surface area contributed by atoms with E-state index in [9.17, 15) is 15.0 Å². The normalized spacial score (nSPS) is 19.8. The fourth-order valence-electron chi connectivity index (χ4n) is 4.23. The SMILES string of the molecule is Cc1ccc2c(N)c(C(=O)NC3COc4cc(N5CCNCC5)cc(F)c4C3(O)O)sc2n1. The summed E-state index contributed by atoms with van der Waals surface area (Å²) in [6, 6.07) is 5.13. The molecule has 6 N–H and O–H groups in total. The molecule has 0 radical (unpaired) electrons. The number of thiophene rings is 1. The summed E-state index contributed by atoms with van der Waals surface area (Å²) in [6.45, 7) is 4.52. The van der Waals surface area contributed by atoms with E-state index < -0.39 is 29.1 Å². The van der Waals surface area contributed by atoms with Crippen LogP contribution in [0.5, 0.6) is 5.75 Å². The Labute approximate surface area is 193 Å². The number of nitrogens with zero attached hydrogens (tertiary/aromatic N) is 2. The first-order valence-electron chi connectivity index (χ1n) is 10.6. The molecule has 0 saturated carbocycles. The Kier molecular flexibility index (Phi) is 5.36. The largest absolute Gasteiger partial charge is 0.491 e. The van der Waals surface area contributed by atoms with Crippen molar-refractivity contribution in [1.82, 2.24) is 15.6 Å². The Morgan fingerprint density at radius 1 is 1.36 bits per heavy atom. The van der Waals surface area contributed by atoms with Crippen molar-refractivity contribution in [3.63, 3.8) is 0 Å². The van der Waals surface area contributed by atoms with E-state index in [-0.39, 0.29) is 22.9 Å². The quantitative estimate of drug-likeness (QED) is 0.357. The van der Waals surface area contributed by atoms with Crippen LogP contribution < -0.4 is 26.0 Å². The van der Waals surface area contributed by atoms with Gasteiger partial charge < -0.3 is 36.2 Å². The van der Waals surface area contributed by atoms with Gasteiger partial charge in [-0.3, -0.25) is 4.79 Å². The first kappa shape index (κ1) is 21.8. The highest BCUT2D eigenvalue weighted by molar-refractivity contribution is 7.21. The second-order valence-electron chi connectivity index (χ2n) is 8.25. The molecule has 0 aliphatic carbocycles. The second-order valence-corrected chi connectivity index (χ2v) is 9.25. The van der Waals surface area contributed by atoms with Crippen molar-refractivity contribution >= 4 is 38.8 Å². The van der Waals surface area contributed by atoms with Crippen LogP contribution in [0.3, 0.4) is 0 Å². The van der Waals surface area contributed by atoms with Crippen LogP contribution >= 0.6 is 11.3 Å².